The third kappa shape index (κ3) is 4.74. The number of carbonyl (C=O) groups is 1. The summed E-state index contributed by atoms with van der Waals surface area (Å²) in [6.45, 7) is 1.15. The van der Waals surface area contributed by atoms with Crippen LogP contribution in [-0.4, -0.2) is 31.9 Å². The van der Waals surface area contributed by atoms with E-state index in [0.717, 1.165) is 32.3 Å². The van der Waals surface area contributed by atoms with Crippen molar-refractivity contribution in [2.45, 2.75) is 31.8 Å². The Bertz CT molecular complexity index is 430. The molecule has 0 radical (unpaired) electrons. The molecule has 1 fully saturated rings. The average molecular weight is 279 g/mol. The molecule has 0 bridgehead atoms. The van der Waals surface area contributed by atoms with Crippen LogP contribution in [0.4, 0.5) is 5.69 Å². The number of carbonyl (C=O) groups excluding carboxylic acids is 1. The Labute approximate surface area is 119 Å². The van der Waals surface area contributed by atoms with Gasteiger partial charge in [0, 0.05) is 6.61 Å². The number of benzene rings is 1. The van der Waals surface area contributed by atoms with E-state index >= 15 is 0 Å². The summed E-state index contributed by atoms with van der Waals surface area (Å²) in [5.41, 5.74) is 6.22. The number of nitrogens with two attached hydrogens (primary N) is 1. The van der Waals surface area contributed by atoms with Gasteiger partial charge < -0.3 is 19.9 Å². The van der Waals surface area contributed by atoms with E-state index in [-0.39, 0.29) is 12.6 Å². The molecule has 1 heterocycles. The number of ether oxygens (including phenoxy) is 3. The molecule has 1 aliphatic rings. The van der Waals surface area contributed by atoms with Crippen LogP contribution >= 0.6 is 0 Å². The lowest BCUT2D eigenvalue weighted by molar-refractivity contribution is -0.146. The van der Waals surface area contributed by atoms with Crippen LogP contribution in [0.25, 0.3) is 0 Å². The predicted octanol–water partition coefficient (Wildman–Crippen LogP) is 2.15. The van der Waals surface area contributed by atoms with Crippen LogP contribution in [0.15, 0.2) is 24.3 Å². The number of nitrogen functional groups attached to an aromatic ring is 1. The monoisotopic (exact) mass is 279 g/mol. The lowest BCUT2D eigenvalue weighted by Gasteiger charge is -2.10. The summed E-state index contributed by atoms with van der Waals surface area (Å²) in [6, 6.07) is 7.06. The van der Waals surface area contributed by atoms with E-state index in [1.165, 1.54) is 0 Å². The van der Waals surface area contributed by atoms with E-state index in [1.807, 2.05) is 6.07 Å². The van der Waals surface area contributed by atoms with Gasteiger partial charge in [0.05, 0.1) is 18.4 Å². The fourth-order valence-corrected chi connectivity index (χ4v) is 2.16. The fraction of sp³-hybridized carbons (Fsp3) is 0.533. The number of anilines is 1. The second-order valence-electron chi connectivity index (χ2n) is 4.82. The lowest BCUT2D eigenvalue weighted by atomic mass is 10.1. The normalized spacial score (nSPS) is 17.9. The van der Waals surface area contributed by atoms with Crippen molar-refractivity contribution in [3.8, 4) is 5.75 Å². The van der Waals surface area contributed by atoms with E-state index in [9.17, 15) is 4.79 Å². The van der Waals surface area contributed by atoms with Crippen molar-refractivity contribution in [1.29, 1.82) is 0 Å². The molecule has 0 saturated carbocycles. The molecule has 1 unspecified atom stereocenters. The molecule has 5 nitrogen and oxygen atoms in total. The highest BCUT2D eigenvalue weighted by atomic mass is 16.6. The van der Waals surface area contributed by atoms with Gasteiger partial charge in [0.2, 0.25) is 0 Å². The van der Waals surface area contributed by atoms with Gasteiger partial charge in [-0.05, 0) is 37.8 Å². The maximum Gasteiger partial charge on any atom is 0.344 e. The summed E-state index contributed by atoms with van der Waals surface area (Å²) in [7, 11) is 0. The topological polar surface area (TPSA) is 70.8 Å². The number of hydrogen-bond donors (Lipinski definition) is 1. The quantitative estimate of drug-likeness (QED) is 0.470. The molecule has 1 aromatic rings. The van der Waals surface area contributed by atoms with Gasteiger partial charge in [-0.25, -0.2) is 4.79 Å². The zero-order valence-corrected chi connectivity index (χ0v) is 11.5. The minimum Gasteiger partial charge on any atom is -0.480 e. The standard InChI is InChI=1S/C15H21NO4/c16-13-7-1-2-8-14(13)20-11-15(17)19-10-4-6-12-5-3-9-18-12/h1-2,7-8,12H,3-6,9-11,16H2. The molecule has 0 aromatic heterocycles. The maximum absolute atomic E-state index is 11.5. The van der Waals surface area contributed by atoms with Crippen molar-refractivity contribution >= 4 is 11.7 Å². The maximum atomic E-state index is 11.5. The highest BCUT2D eigenvalue weighted by Crippen LogP contribution is 2.19. The first-order chi connectivity index (χ1) is 9.75. The van der Waals surface area contributed by atoms with Gasteiger partial charge in [0.15, 0.2) is 6.61 Å². The predicted molar refractivity (Wildman–Crippen MR) is 75.5 cm³/mol. The minimum atomic E-state index is -0.374. The molecule has 0 amide bonds. The first-order valence-corrected chi connectivity index (χ1v) is 7.00. The first kappa shape index (κ1) is 14.7. The zero-order chi connectivity index (χ0) is 14.2. The second-order valence-corrected chi connectivity index (χ2v) is 4.82. The summed E-state index contributed by atoms with van der Waals surface area (Å²) < 4.78 is 15.9. The molecule has 0 aliphatic carbocycles. The molecular formula is C15H21NO4. The van der Waals surface area contributed by atoms with Crippen LogP contribution in [0, 0.1) is 0 Å². The second kappa shape index (κ2) is 7.75. The summed E-state index contributed by atoms with van der Waals surface area (Å²) in [5.74, 6) is 0.129. The summed E-state index contributed by atoms with van der Waals surface area (Å²) in [5, 5.41) is 0. The van der Waals surface area contributed by atoms with Crippen molar-refractivity contribution in [2.75, 3.05) is 25.6 Å². The Morgan fingerprint density at radius 3 is 3.00 bits per heavy atom. The van der Waals surface area contributed by atoms with Gasteiger partial charge in [-0.3, -0.25) is 0 Å². The first-order valence-electron chi connectivity index (χ1n) is 7.00. The Morgan fingerprint density at radius 1 is 1.40 bits per heavy atom. The van der Waals surface area contributed by atoms with E-state index in [2.05, 4.69) is 0 Å². The van der Waals surface area contributed by atoms with E-state index < -0.39 is 0 Å². The van der Waals surface area contributed by atoms with Gasteiger partial charge >= 0.3 is 5.97 Å². The molecule has 5 heteroatoms. The van der Waals surface area contributed by atoms with Crippen molar-refractivity contribution in [2.24, 2.45) is 0 Å². The van der Waals surface area contributed by atoms with Crippen LogP contribution in [-0.2, 0) is 14.3 Å². The lowest BCUT2D eigenvalue weighted by Crippen LogP contribution is -2.16. The van der Waals surface area contributed by atoms with Gasteiger partial charge in [-0.15, -0.1) is 0 Å². The smallest absolute Gasteiger partial charge is 0.344 e. The summed E-state index contributed by atoms with van der Waals surface area (Å²) in [4.78, 5) is 11.5. The summed E-state index contributed by atoms with van der Waals surface area (Å²) >= 11 is 0. The van der Waals surface area contributed by atoms with Crippen molar-refractivity contribution in [1.82, 2.24) is 0 Å². The van der Waals surface area contributed by atoms with Crippen LogP contribution in [0.3, 0.4) is 0 Å². The van der Waals surface area contributed by atoms with Crippen LogP contribution < -0.4 is 10.5 Å². The number of para-hydroxylation sites is 2. The van der Waals surface area contributed by atoms with E-state index in [4.69, 9.17) is 19.9 Å². The third-order valence-corrected chi connectivity index (χ3v) is 3.22. The highest BCUT2D eigenvalue weighted by Gasteiger charge is 2.15. The van der Waals surface area contributed by atoms with Crippen molar-refractivity contribution < 1.29 is 19.0 Å². The molecule has 1 aliphatic heterocycles. The van der Waals surface area contributed by atoms with Gasteiger partial charge in [-0.2, -0.15) is 0 Å². The molecule has 20 heavy (non-hydrogen) atoms. The van der Waals surface area contributed by atoms with Crippen LogP contribution in [0.5, 0.6) is 5.75 Å². The number of rotatable bonds is 7. The molecule has 0 spiro atoms. The Balaban J connectivity index is 1.57. The molecule has 2 N–H and O–H groups in total. The van der Waals surface area contributed by atoms with E-state index in [0.29, 0.717) is 24.1 Å². The van der Waals surface area contributed by atoms with Crippen molar-refractivity contribution in [3.63, 3.8) is 0 Å². The third-order valence-electron chi connectivity index (χ3n) is 3.22. The van der Waals surface area contributed by atoms with E-state index in [1.54, 1.807) is 18.2 Å². The minimum absolute atomic E-state index is 0.117. The zero-order valence-electron chi connectivity index (χ0n) is 11.5. The Hall–Kier alpha value is -1.75. The summed E-state index contributed by atoms with van der Waals surface area (Å²) in [6.07, 6.45) is 4.36. The SMILES string of the molecule is Nc1ccccc1OCC(=O)OCCCC1CCCO1. The van der Waals surface area contributed by atoms with Crippen molar-refractivity contribution in [3.05, 3.63) is 24.3 Å². The number of esters is 1. The Morgan fingerprint density at radius 2 is 2.25 bits per heavy atom. The fourth-order valence-electron chi connectivity index (χ4n) is 2.16. The molecule has 110 valence electrons. The Kier molecular flexibility index (Phi) is 5.68. The van der Waals surface area contributed by atoms with Gasteiger partial charge in [0.25, 0.3) is 0 Å². The van der Waals surface area contributed by atoms with Gasteiger partial charge in [-0.1, -0.05) is 12.1 Å². The molecule has 1 saturated heterocycles. The molecule has 1 atom stereocenters. The molecule has 2 rings (SSSR count). The molecular weight excluding hydrogens is 258 g/mol. The van der Waals surface area contributed by atoms with Gasteiger partial charge in [0.1, 0.15) is 5.75 Å². The highest BCUT2D eigenvalue weighted by molar-refractivity contribution is 5.71. The average Bonchev–Trinajstić information content (AvgIpc) is 2.96. The van der Waals surface area contributed by atoms with Crippen LogP contribution in [0.1, 0.15) is 25.7 Å². The molecule has 1 aromatic carbocycles. The largest absolute Gasteiger partial charge is 0.480 e. The van der Waals surface area contributed by atoms with Crippen LogP contribution in [0.2, 0.25) is 0 Å². The number of hydrogen-bond acceptors (Lipinski definition) is 5.